The van der Waals surface area contributed by atoms with E-state index in [1.807, 2.05) is 0 Å². The van der Waals surface area contributed by atoms with E-state index in [1.54, 1.807) is 6.92 Å². The van der Waals surface area contributed by atoms with Crippen LogP contribution in [-0.2, 0) is 19.1 Å². The first-order valence-electron chi connectivity index (χ1n) is 12.6. The lowest BCUT2D eigenvalue weighted by molar-refractivity contribution is -0.196. The summed E-state index contributed by atoms with van der Waals surface area (Å²) in [5.74, 6) is 3.19. The van der Waals surface area contributed by atoms with Crippen molar-refractivity contribution in [3.8, 4) is 0 Å². The van der Waals surface area contributed by atoms with Crippen LogP contribution in [0, 0.1) is 46.3 Å². The molecule has 0 aromatic rings. The van der Waals surface area contributed by atoms with Crippen LogP contribution in [0.3, 0.4) is 0 Å². The Bertz CT molecular complexity index is 731. The number of carbonyl (C=O) groups excluding carboxylic acids is 2. The molecule has 4 aliphatic rings. The van der Waals surface area contributed by atoms with Crippen LogP contribution in [0.2, 0.25) is 0 Å². The van der Waals surface area contributed by atoms with Crippen molar-refractivity contribution < 1.29 is 19.1 Å². The van der Waals surface area contributed by atoms with Gasteiger partial charge in [0.25, 0.3) is 0 Å². The van der Waals surface area contributed by atoms with Crippen molar-refractivity contribution in [2.45, 2.75) is 98.2 Å². The van der Waals surface area contributed by atoms with Crippen LogP contribution < -0.4 is 0 Å². The van der Waals surface area contributed by atoms with Crippen molar-refractivity contribution in [3.63, 3.8) is 0 Å². The van der Waals surface area contributed by atoms with E-state index in [0.717, 1.165) is 25.7 Å². The van der Waals surface area contributed by atoms with Gasteiger partial charge in [-0.25, -0.2) is 0 Å². The quantitative estimate of drug-likeness (QED) is 0.409. The van der Waals surface area contributed by atoms with Gasteiger partial charge in [-0.2, -0.15) is 0 Å². The summed E-state index contributed by atoms with van der Waals surface area (Å²) in [4.78, 5) is 23.7. The summed E-state index contributed by atoms with van der Waals surface area (Å²) in [6, 6.07) is 0. The average molecular weight is 431 g/mol. The topological polar surface area (TPSA) is 52.6 Å². The second-order valence-corrected chi connectivity index (χ2v) is 11.6. The third-order valence-electron chi connectivity index (χ3n) is 10.4. The fourth-order valence-corrected chi connectivity index (χ4v) is 8.93. The van der Waals surface area contributed by atoms with Gasteiger partial charge in [-0.3, -0.25) is 9.59 Å². The smallest absolute Gasteiger partial charge is 0.302 e. The molecule has 0 aliphatic heterocycles. The van der Waals surface area contributed by atoms with Crippen LogP contribution in [0.1, 0.15) is 86.0 Å². The lowest BCUT2D eigenvalue weighted by atomic mass is 9.43. The van der Waals surface area contributed by atoms with Crippen molar-refractivity contribution in [2.75, 3.05) is 0 Å². The fourth-order valence-electron chi connectivity index (χ4n) is 8.93. The van der Waals surface area contributed by atoms with Gasteiger partial charge in [0.15, 0.2) is 0 Å². The highest BCUT2D eigenvalue weighted by Crippen LogP contribution is 2.68. The summed E-state index contributed by atoms with van der Waals surface area (Å²) in [5, 5.41) is 0. The monoisotopic (exact) mass is 430 g/mol. The number of rotatable bonds is 4. The predicted molar refractivity (Wildman–Crippen MR) is 121 cm³/mol. The number of esters is 2. The zero-order chi connectivity index (χ0) is 22.6. The second kappa shape index (κ2) is 8.23. The molecule has 31 heavy (non-hydrogen) atoms. The minimum absolute atomic E-state index is 0.00656. The van der Waals surface area contributed by atoms with Crippen molar-refractivity contribution >= 4 is 11.9 Å². The van der Waals surface area contributed by atoms with E-state index in [0.29, 0.717) is 35.5 Å². The van der Waals surface area contributed by atoms with Crippen molar-refractivity contribution in [2.24, 2.45) is 46.3 Å². The largest absolute Gasteiger partial charge is 0.463 e. The molecule has 174 valence electrons. The van der Waals surface area contributed by atoms with Gasteiger partial charge in [0.2, 0.25) is 0 Å². The SMILES string of the molecule is C=CC(C)C1CCC2C3CCC4CC(OC(C)=O)CCC4(C)C3CC(OC(C)=O)C12C. The Kier molecular flexibility index (Phi) is 6.07. The highest BCUT2D eigenvalue weighted by molar-refractivity contribution is 5.66. The molecule has 10 unspecified atom stereocenters. The molecule has 0 spiro atoms. The number of fused-ring (bicyclic) bond motifs is 5. The summed E-state index contributed by atoms with van der Waals surface area (Å²) < 4.78 is 11.8. The Morgan fingerprint density at radius 3 is 2.32 bits per heavy atom. The number of hydrogen-bond acceptors (Lipinski definition) is 4. The molecule has 0 heterocycles. The molecule has 4 aliphatic carbocycles. The van der Waals surface area contributed by atoms with Crippen molar-refractivity contribution in [1.29, 1.82) is 0 Å². The first-order chi connectivity index (χ1) is 14.6. The number of hydrogen-bond donors (Lipinski definition) is 0. The normalized spacial score (nSPS) is 47.3. The third-order valence-corrected chi connectivity index (χ3v) is 10.4. The average Bonchev–Trinajstić information content (AvgIpc) is 3.06. The van der Waals surface area contributed by atoms with Gasteiger partial charge in [0, 0.05) is 19.3 Å². The maximum Gasteiger partial charge on any atom is 0.302 e. The predicted octanol–water partition coefficient (Wildman–Crippen LogP) is 5.94. The van der Waals surface area contributed by atoms with Gasteiger partial charge in [0.05, 0.1) is 0 Å². The number of carbonyl (C=O) groups is 2. The summed E-state index contributed by atoms with van der Waals surface area (Å²) in [6.07, 6.45) is 11.2. The van der Waals surface area contributed by atoms with E-state index in [4.69, 9.17) is 9.47 Å². The van der Waals surface area contributed by atoms with Crippen molar-refractivity contribution in [3.05, 3.63) is 12.7 Å². The van der Waals surface area contributed by atoms with Gasteiger partial charge in [-0.1, -0.05) is 26.8 Å². The van der Waals surface area contributed by atoms with Crippen LogP contribution in [0.5, 0.6) is 0 Å². The van der Waals surface area contributed by atoms with Crippen LogP contribution in [-0.4, -0.2) is 24.1 Å². The third kappa shape index (κ3) is 3.66. The van der Waals surface area contributed by atoms with Crippen LogP contribution in [0.4, 0.5) is 0 Å². The molecule has 4 heteroatoms. The molecule has 4 nitrogen and oxygen atoms in total. The minimum Gasteiger partial charge on any atom is -0.463 e. The fraction of sp³-hybridized carbons (Fsp3) is 0.852. The molecule has 0 N–H and O–H groups in total. The second-order valence-electron chi connectivity index (χ2n) is 11.6. The van der Waals surface area contributed by atoms with Crippen molar-refractivity contribution in [1.82, 2.24) is 0 Å². The molecule has 0 saturated heterocycles. The Labute approximate surface area is 188 Å². The van der Waals surface area contributed by atoms with Gasteiger partial charge in [0.1, 0.15) is 12.2 Å². The zero-order valence-corrected chi connectivity index (χ0v) is 20.2. The molecule has 0 radical (unpaired) electrons. The molecule has 4 fully saturated rings. The zero-order valence-electron chi connectivity index (χ0n) is 20.2. The first-order valence-corrected chi connectivity index (χ1v) is 12.6. The standard InChI is InChI=1S/C27H42O4/c1-7-16(2)22-10-11-23-21-9-8-19-14-20(30-17(3)28)12-13-26(19,5)24(21)15-25(27(22,23)6)31-18(4)29/h7,16,19-25H,1,8-15H2,2-6H3. The van der Waals surface area contributed by atoms with E-state index < -0.39 is 0 Å². The summed E-state index contributed by atoms with van der Waals surface area (Å²) in [7, 11) is 0. The molecule has 0 aromatic carbocycles. The minimum atomic E-state index is -0.154. The van der Waals surface area contributed by atoms with E-state index in [1.165, 1.54) is 32.6 Å². The summed E-state index contributed by atoms with van der Waals surface area (Å²) >= 11 is 0. The van der Waals surface area contributed by atoms with E-state index in [9.17, 15) is 9.59 Å². The van der Waals surface area contributed by atoms with E-state index in [-0.39, 0.29) is 35.0 Å². The molecule has 4 rings (SSSR count). The van der Waals surface area contributed by atoms with Gasteiger partial charge < -0.3 is 9.47 Å². The molecule has 0 aromatic heterocycles. The summed E-state index contributed by atoms with van der Waals surface area (Å²) in [5.41, 5.74) is 0.292. The van der Waals surface area contributed by atoms with Crippen LogP contribution >= 0.6 is 0 Å². The molecule has 4 saturated carbocycles. The number of allylic oxidation sites excluding steroid dienone is 1. The molecule has 0 amide bonds. The number of ether oxygens (including phenoxy) is 2. The lowest BCUT2D eigenvalue weighted by Crippen LogP contribution is -2.59. The van der Waals surface area contributed by atoms with Gasteiger partial charge in [-0.15, -0.1) is 6.58 Å². The summed E-state index contributed by atoms with van der Waals surface area (Å²) in [6.45, 7) is 14.4. The van der Waals surface area contributed by atoms with E-state index >= 15 is 0 Å². The highest BCUT2D eigenvalue weighted by Gasteiger charge is 2.64. The Morgan fingerprint density at radius 1 is 0.968 bits per heavy atom. The van der Waals surface area contributed by atoms with Gasteiger partial charge >= 0.3 is 11.9 Å². The first kappa shape index (κ1) is 22.9. The molecular formula is C27H42O4. The molecule has 0 bridgehead atoms. The highest BCUT2D eigenvalue weighted by atomic mass is 16.5. The van der Waals surface area contributed by atoms with Crippen LogP contribution in [0.25, 0.3) is 0 Å². The van der Waals surface area contributed by atoms with Crippen LogP contribution in [0.15, 0.2) is 12.7 Å². The van der Waals surface area contributed by atoms with Gasteiger partial charge in [-0.05, 0) is 92.3 Å². The lowest BCUT2D eigenvalue weighted by Gasteiger charge is -2.62. The Morgan fingerprint density at radius 2 is 1.68 bits per heavy atom. The maximum atomic E-state index is 12.2. The molecule has 10 atom stereocenters. The van der Waals surface area contributed by atoms with E-state index in [2.05, 4.69) is 33.4 Å². The maximum absolute atomic E-state index is 12.2. The Hall–Kier alpha value is -1.32. The Balaban J connectivity index is 1.64. The molecular weight excluding hydrogens is 388 g/mol.